The van der Waals surface area contributed by atoms with Gasteiger partial charge in [0.1, 0.15) is 5.75 Å². The van der Waals surface area contributed by atoms with E-state index in [0.717, 1.165) is 29.2 Å². The molecular weight excluding hydrogens is 536 g/mol. The van der Waals surface area contributed by atoms with Crippen LogP contribution in [0.15, 0.2) is 102 Å². The maximum Gasteiger partial charge on any atom is 0.281 e. The zero-order chi connectivity index (χ0) is 29.2. The average Bonchev–Trinajstić information content (AvgIpc) is 3.41. The first-order valence-electron chi connectivity index (χ1n) is 13.6. The van der Waals surface area contributed by atoms with Crippen molar-refractivity contribution in [2.75, 3.05) is 6.61 Å². The molecule has 10 nitrogen and oxygen atoms in total. The van der Waals surface area contributed by atoms with Gasteiger partial charge in [0, 0.05) is 30.2 Å². The Kier molecular flexibility index (Phi) is 7.18. The van der Waals surface area contributed by atoms with Gasteiger partial charge in [-0.15, -0.1) is 0 Å². The Bertz CT molecular complexity index is 1780. The second-order valence-electron chi connectivity index (χ2n) is 10.3. The quantitative estimate of drug-likeness (QED) is 0.179. The summed E-state index contributed by atoms with van der Waals surface area (Å²) in [6.45, 7) is -0.267. The third-order valence-corrected chi connectivity index (χ3v) is 7.68. The Morgan fingerprint density at radius 1 is 0.905 bits per heavy atom. The first kappa shape index (κ1) is 26.8. The maximum atomic E-state index is 13.7. The Morgan fingerprint density at radius 2 is 1.64 bits per heavy atom. The smallest absolute Gasteiger partial charge is 0.281 e. The lowest BCUT2D eigenvalue weighted by Gasteiger charge is -2.29. The highest BCUT2D eigenvalue weighted by Gasteiger charge is 2.44. The largest absolute Gasteiger partial charge is 0.484 e. The number of hydrazone groups is 1. The summed E-state index contributed by atoms with van der Waals surface area (Å²) in [5, 5.41) is 31.1. The topological polar surface area (TPSA) is 128 Å². The second kappa shape index (κ2) is 11.2. The first-order valence-corrected chi connectivity index (χ1v) is 13.6. The van der Waals surface area contributed by atoms with Crippen molar-refractivity contribution in [1.29, 1.82) is 0 Å². The van der Waals surface area contributed by atoms with E-state index in [2.05, 4.69) is 0 Å². The third-order valence-electron chi connectivity index (χ3n) is 7.68. The maximum absolute atomic E-state index is 13.7. The summed E-state index contributed by atoms with van der Waals surface area (Å²) in [6.07, 6.45) is 4.11. The summed E-state index contributed by atoms with van der Waals surface area (Å²) in [7, 11) is 0. The van der Waals surface area contributed by atoms with Crippen LogP contribution < -0.4 is 4.74 Å². The molecule has 0 aromatic heterocycles. The molecule has 10 heteroatoms. The van der Waals surface area contributed by atoms with E-state index in [1.807, 2.05) is 48.5 Å². The van der Waals surface area contributed by atoms with E-state index in [1.54, 1.807) is 24.3 Å². The van der Waals surface area contributed by atoms with Crippen molar-refractivity contribution in [2.24, 2.45) is 11.0 Å². The molecule has 42 heavy (non-hydrogen) atoms. The zero-order valence-electron chi connectivity index (χ0n) is 22.5. The molecule has 1 heterocycles. The first-order chi connectivity index (χ1) is 20.4. The van der Waals surface area contributed by atoms with Gasteiger partial charge in [-0.1, -0.05) is 54.6 Å². The number of hydrogen-bond acceptors (Lipinski definition) is 7. The Labute approximate surface area is 240 Å². The van der Waals surface area contributed by atoms with Crippen molar-refractivity contribution < 1.29 is 19.4 Å². The van der Waals surface area contributed by atoms with Gasteiger partial charge in [0.25, 0.3) is 17.3 Å². The molecule has 0 radical (unpaired) electrons. The van der Waals surface area contributed by atoms with Crippen LogP contribution in [0.3, 0.4) is 0 Å². The summed E-state index contributed by atoms with van der Waals surface area (Å²) in [5.74, 6) is -0.0314. The summed E-state index contributed by atoms with van der Waals surface area (Å²) in [4.78, 5) is 35.7. The number of nitro groups is 2. The van der Waals surface area contributed by atoms with Crippen LogP contribution in [0.2, 0.25) is 0 Å². The van der Waals surface area contributed by atoms with Gasteiger partial charge in [-0.2, -0.15) is 5.10 Å². The number of nitrogens with zero attached hydrogens (tertiary/aromatic N) is 4. The summed E-state index contributed by atoms with van der Waals surface area (Å²) in [5.41, 5.74) is 2.80. The Balaban J connectivity index is 1.34. The number of nitro benzene ring substituents is 2. The van der Waals surface area contributed by atoms with Gasteiger partial charge in [0.15, 0.2) is 6.61 Å². The van der Waals surface area contributed by atoms with Crippen molar-refractivity contribution in [3.63, 3.8) is 0 Å². The fourth-order valence-corrected chi connectivity index (χ4v) is 5.76. The number of fused-ring (bicyclic) bond motifs is 2. The number of ether oxygens (including phenoxy) is 1. The molecule has 6 rings (SSSR count). The van der Waals surface area contributed by atoms with Gasteiger partial charge in [0.2, 0.25) is 0 Å². The number of amides is 1. The minimum atomic E-state index is -0.554. The molecule has 1 aliphatic heterocycles. The van der Waals surface area contributed by atoms with Gasteiger partial charge in [-0.3, -0.25) is 25.0 Å². The molecule has 0 unspecified atom stereocenters. The molecule has 0 N–H and O–H groups in total. The minimum absolute atomic E-state index is 0.0119. The fourth-order valence-electron chi connectivity index (χ4n) is 5.76. The van der Waals surface area contributed by atoms with Gasteiger partial charge in [-0.25, -0.2) is 5.01 Å². The molecule has 0 bridgehead atoms. The van der Waals surface area contributed by atoms with E-state index in [1.165, 1.54) is 29.3 Å². The summed E-state index contributed by atoms with van der Waals surface area (Å²) < 4.78 is 5.90. The number of carbonyl (C=O) groups is 1. The third kappa shape index (κ3) is 5.34. The molecule has 210 valence electrons. The Morgan fingerprint density at radius 3 is 2.43 bits per heavy atom. The highest BCUT2D eigenvalue weighted by Crippen LogP contribution is 2.45. The molecule has 1 amide bonds. The van der Waals surface area contributed by atoms with E-state index in [4.69, 9.17) is 9.84 Å². The molecular formula is C32H26N4O6. The number of non-ortho nitro benzene ring substituents is 2. The molecule has 1 fully saturated rings. The SMILES string of the molecule is O=C(COc1ccc2ccccc2c1)N1N=C2/C(=C/c3cccc([N+](=O)[O-])c3)CCC[C@H]2[C@@H]1c1cccc([N+](=O)[O-])c1. The van der Waals surface area contributed by atoms with Crippen LogP contribution in [0.4, 0.5) is 11.4 Å². The van der Waals surface area contributed by atoms with Gasteiger partial charge in [0.05, 0.1) is 21.6 Å². The molecule has 2 atom stereocenters. The molecule has 1 aliphatic carbocycles. The predicted octanol–water partition coefficient (Wildman–Crippen LogP) is 6.86. The van der Waals surface area contributed by atoms with Crippen molar-refractivity contribution in [3.05, 3.63) is 128 Å². The average molecular weight is 563 g/mol. The zero-order valence-corrected chi connectivity index (χ0v) is 22.5. The van der Waals surface area contributed by atoms with E-state index in [-0.39, 0.29) is 29.8 Å². The van der Waals surface area contributed by atoms with Crippen LogP contribution in [0.1, 0.15) is 36.4 Å². The van der Waals surface area contributed by atoms with Crippen LogP contribution >= 0.6 is 0 Å². The van der Waals surface area contributed by atoms with E-state index >= 15 is 0 Å². The normalized spacial score (nSPS) is 18.9. The highest BCUT2D eigenvalue weighted by atomic mass is 16.6. The number of benzene rings is 4. The monoisotopic (exact) mass is 562 g/mol. The lowest BCUT2D eigenvalue weighted by Crippen LogP contribution is -2.34. The van der Waals surface area contributed by atoms with Gasteiger partial charge >= 0.3 is 0 Å². The van der Waals surface area contributed by atoms with Crippen molar-refractivity contribution in [3.8, 4) is 5.75 Å². The molecule has 0 spiro atoms. The van der Waals surface area contributed by atoms with Gasteiger partial charge in [-0.05, 0) is 64.9 Å². The van der Waals surface area contributed by atoms with Gasteiger partial charge < -0.3 is 4.74 Å². The van der Waals surface area contributed by atoms with E-state index in [0.29, 0.717) is 29.0 Å². The summed E-state index contributed by atoms with van der Waals surface area (Å²) in [6, 6.07) is 25.6. The lowest BCUT2D eigenvalue weighted by atomic mass is 9.77. The van der Waals surface area contributed by atoms with Crippen molar-refractivity contribution in [2.45, 2.75) is 25.3 Å². The van der Waals surface area contributed by atoms with E-state index < -0.39 is 15.9 Å². The molecule has 4 aromatic carbocycles. The van der Waals surface area contributed by atoms with Crippen LogP contribution in [0.25, 0.3) is 16.8 Å². The Hall–Kier alpha value is -5.38. The summed E-state index contributed by atoms with van der Waals surface area (Å²) >= 11 is 0. The van der Waals surface area contributed by atoms with Crippen LogP contribution in [-0.2, 0) is 4.79 Å². The fraction of sp³-hybridized carbons (Fsp3) is 0.188. The second-order valence-corrected chi connectivity index (χ2v) is 10.3. The van der Waals surface area contributed by atoms with Crippen LogP contribution in [0, 0.1) is 26.1 Å². The van der Waals surface area contributed by atoms with Crippen molar-refractivity contribution >= 4 is 39.8 Å². The van der Waals surface area contributed by atoms with Crippen molar-refractivity contribution in [1.82, 2.24) is 5.01 Å². The predicted molar refractivity (Wildman–Crippen MR) is 158 cm³/mol. The number of hydrogen-bond donors (Lipinski definition) is 0. The molecule has 4 aromatic rings. The number of rotatable bonds is 7. The van der Waals surface area contributed by atoms with E-state index in [9.17, 15) is 25.0 Å². The van der Waals surface area contributed by atoms with Crippen LogP contribution in [-0.4, -0.2) is 33.1 Å². The number of carbonyl (C=O) groups excluding carboxylic acids is 1. The highest BCUT2D eigenvalue weighted by molar-refractivity contribution is 6.08. The molecule has 0 saturated heterocycles. The lowest BCUT2D eigenvalue weighted by molar-refractivity contribution is -0.385. The minimum Gasteiger partial charge on any atom is -0.484 e. The number of allylic oxidation sites excluding steroid dienone is 1. The standard InChI is InChI=1S/C32H26N4O6/c37-30(20-42-28-15-14-22-7-1-2-8-23(22)19-28)34-32(25-10-4-12-27(18-25)36(40)41)29-13-5-9-24(31(29)33-34)16-21-6-3-11-26(17-21)35(38)39/h1-4,6-8,10-12,14-19,29,32H,5,9,13,20H2/b24-16+/t29-,32+/m1/s1. The van der Waals surface area contributed by atoms with Crippen LogP contribution in [0.5, 0.6) is 5.75 Å². The molecule has 2 aliphatic rings. The molecule has 1 saturated carbocycles.